The van der Waals surface area contributed by atoms with Crippen LogP contribution < -0.4 is 10.1 Å². The molecule has 0 saturated carbocycles. The largest absolute Gasteiger partial charge is 0.435 e. The molecule has 0 unspecified atom stereocenters. The molecule has 0 radical (unpaired) electrons. The molecular weight excluding hydrogens is 283 g/mol. The lowest BCUT2D eigenvalue weighted by atomic mass is 10.1. The number of alkyl halides is 2. The van der Waals surface area contributed by atoms with Crippen molar-refractivity contribution in [2.75, 3.05) is 5.32 Å². The van der Waals surface area contributed by atoms with Crippen molar-refractivity contribution in [3.8, 4) is 5.75 Å². The number of rotatable bonds is 4. The first-order valence-electron chi connectivity index (χ1n) is 6.08. The molecule has 0 bridgehead atoms. The number of benzene rings is 2. The van der Waals surface area contributed by atoms with Crippen LogP contribution in [-0.4, -0.2) is 12.5 Å². The predicted molar refractivity (Wildman–Crippen MR) is 72.2 cm³/mol. The third-order valence-electron chi connectivity index (χ3n) is 2.77. The summed E-state index contributed by atoms with van der Waals surface area (Å²) >= 11 is 0. The number of nitrogens with one attached hydrogen (secondary N) is 1. The average molecular weight is 295 g/mol. The van der Waals surface area contributed by atoms with Crippen molar-refractivity contribution >= 4 is 11.6 Å². The Morgan fingerprint density at radius 3 is 2.67 bits per heavy atom. The highest BCUT2D eigenvalue weighted by Crippen LogP contribution is 2.19. The van der Waals surface area contributed by atoms with E-state index in [0.717, 1.165) is 0 Å². The van der Waals surface area contributed by atoms with E-state index in [0.29, 0.717) is 11.3 Å². The number of anilines is 1. The SMILES string of the molecule is Cc1ccc(F)cc1NC(=O)c1cccc(OC(F)F)c1. The number of ether oxygens (including phenoxy) is 1. The third-order valence-corrected chi connectivity index (χ3v) is 2.77. The Labute approximate surface area is 119 Å². The molecule has 0 spiro atoms. The van der Waals surface area contributed by atoms with Crippen molar-refractivity contribution in [1.29, 1.82) is 0 Å². The molecule has 1 N–H and O–H groups in total. The van der Waals surface area contributed by atoms with Gasteiger partial charge in [-0.3, -0.25) is 4.79 Å². The van der Waals surface area contributed by atoms with Crippen molar-refractivity contribution in [3.05, 3.63) is 59.4 Å². The lowest BCUT2D eigenvalue weighted by Crippen LogP contribution is -2.13. The molecule has 0 aliphatic heterocycles. The van der Waals surface area contributed by atoms with Gasteiger partial charge in [0.1, 0.15) is 11.6 Å². The lowest BCUT2D eigenvalue weighted by molar-refractivity contribution is -0.0498. The first-order valence-corrected chi connectivity index (χ1v) is 6.08. The smallest absolute Gasteiger partial charge is 0.387 e. The van der Waals surface area contributed by atoms with Crippen LogP contribution in [0.1, 0.15) is 15.9 Å². The first kappa shape index (κ1) is 14.9. The van der Waals surface area contributed by atoms with Crippen LogP contribution in [0.3, 0.4) is 0 Å². The summed E-state index contributed by atoms with van der Waals surface area (Å²) in [7, 11) is 0. The van der Waals surface area contributed by atoms with Gasteiger partial charge in [0, 0.05) is 11.3 Å². The summed E-state index contributed by atoms with van der Waals surface area (Å²) < 4.78 is 41.6. The van der Waals surface area contributed by atoms with Crippen LogP contribution in [0, 0.1) is 12.7 Å². The number of hydrogen-bond acceptors (Lipinski definition) is 2. The zero-order chi connectivity index (χ0) is 15.4. The Hall–Kier alpha value is -2.50. The van der Waals surface area contributed by atoms with E-state index in [2.05, 4.69) is 10.1 Å². The number of hydrogen-bond donors (Lipinski definition) is 1. The molecule has 110 valence electrons. The van der Waals surface area contributed by atoms with Crippen LogP contribution in [0.5, 0.6) is 5.75 Å². The Kier molecular flexibility index (Phi) is 4.47. The Morgan fingerprint density at radius 1 is 1.19 bits per heavy atom. The summed E-state index contributed by atoms with van der Waals surface area (Å²) in [5.41, 5.74) is 1.14. The van der Waals surface area contributed by atoms with Crippen LogP contribution >= 0.6 is 0 Å². The number of aryl methyl sites for hydroxylation is 1. The van der Waals surface area contributed by atoms with Gasteiger partial charge in [-0.05, 0) is 42.8 Å². The first-order chi connectivity index (χ1) is 9.95. The molecule has 0 aromatic heterocycles. The molecule has 2 aromatic carbocycles. The normalized spacial score (nSPS) is 10.5. The van der Waals surface area contributed by atoms with Crippen molar-refractivity contribution < 1.29 is 22.7 Å². The zero-order valence-electron chi connectivity index (χ0n) is 11.1. The maximum absolute atomic E-state index is 13.2. The van der Waals surface area contributed by atoms with E-state index < -0.39 is 18.3 Å². The fourth-order valence-electron chi connectivity index (χ4n) is 1.74. The van der Waals surface area contributed by atoms with Crippen LogP contribution in [0.15, 0.2) is 42.5 Å². The van der Waals surface area contributed by atoms with Crippen molar-refractivity contribution in [2.24, 2.45) is 0 Å². The number of halogens is 3. The van der Waals surface area contributed by atoms with E-state index >= 15 is 0 Å². The maximum Gasteiger partial charge on any atom is 0.387 e. The molecule has 1 amide bonds. The van der Waals surface area contributed by atoms with Crippen LogP contribution in [0.2, 0.25) is 0 Å². The van der Waals surface area contributed by atoms with E-state index in [1.807, 2.05) is 0 Å². The molecule has 21 heavy (non-hydrogen) atoms. The fourth-order valence-corrected chi connectivity index (χ4v) is 1.74. The molecule has 0 aliphatic rings. The van der Waals surface area contributed by atoms with Gasteiger partial charge >= 0.3 is 6.61 Å². The standard InChI is InChI=1S/C15H12F3NO2/c1-9-5-6-11(16)8-13(9)19-14(20)10-3-2-4-12(7-10)21-15(17)18/h2-8,15H,1H3,(H,19,20). The average Bonchev–Trinajstić information content (AvgIpc) is 2.42. The van der Waals surface area contributed by atoms with E-state index in [1.54, 1.807) is 6.92 Å². The van der Waals surface area contributed by atoms with Gasteiger partial charge in [-0.2, -0.15) is 8.78 Å². The van der Waals surface area contributed by atoms with Crippen LogP contribution in [0.25, 0.3) is 0 Å². The second kappa shape index (κ2) is 6.30. The molecule has 0 atom stereocenters. The van der Waals surface area contributed by atoms with Gasteiger partial charge in [0.25, 0.3) is 5.91 Å². The van der Waals surface area contributed by atoms with Crippen molar-refractivity contribution in [1.82, 2.24) is 0 Å². The minimum atomic E-state index is -2.96. The molecule has 6 heteroatoms. The summed E-state index contributed by atoms with van der Waals surface area (Å²) in [5, 5.41) is 2.53. The Balaban J connectivity index is 2.18. The van der Waals surface area contributed by atoms with Gasteiger partial charge in [-0.15, -0.1) is 0 Å². The van der Waals surface area contributed by atoms with Crippen LogP contribution in [-0.2, 0) is 0 Å². The van der Waals surface area contributed by atoms with E-state index in [4.69, 9.17) is 0 Å². The summed E-state index contributed by atoms with van der Waals surface area (Å²) in [6, 6.07) is 9.37. The Bertz CT molecular complexity index is 659. The second-order valence-electron chi connectivity index (χ2n) is 4.32. The van der Waals surface area contributed by atoms with Gasteiger partial charge in [-0.25, -0.2) is 4.39 Å². The summed E-state index contributed by atoms with van der Waals surface area (Å²) in [5.74, 6) is -1.14. The predicted octanol–water partition coefficient (Wildman–Crippen LogP) is 3.99. The topological polar surface area (TPSA) is 38.3 Å². The summed E-state index contributed by atoms with van der Waals surface area (Å²) in [4.78, 5) is 12.0. The van der Waals surface area contributed by atoms with Gasteiger partial charge in [0.05, 0.1) is 0 Å². The fraction of sp³-hybridized carbons (Fsp3) is 0.133. The zero-order valence-corrected chi connectivity index (χ0v) is 11.1. The number of carbonyl (C=O) groups is 1. The van der Waals surface area contributed by atoms with Crippen molar-refractivity contribution in [3.63, 3.8) is 0 Å². The second-order valence-corrected chi connectivity index (χ2v) is 4.32. The van der Waals surface area contributed by atoms with Gasteiger partial charge in [0.2, 0.25) is 0 Å². The lowest BCUT2D eigenvalue weighted by Gasteiger charge is -2.10. The molecule has 2 rings (SSSR count). The van der Waals surface area contributed by atoms with Gasteiger partial charge < -0.3 is 10.1 Å². The molecule has 0 aliphatic carbocycles. The maximum atomic E-state index is 13.2. The molecule has 3 nitrogen and oxygen atoms in total. The van der Waals surface area contributed by atoms with E-state index in [-0.39, 0.29) is 11.3 Å². The van der Waals surface area contributed by atoms with E-state index in [9.17, 15) is 18.0 Å². The van der Waals surface area contributed by atoms with Gasteiger partial charge in [-0.1, -0.05) is 12.1 Å². The van der Waals surface area contributed by atoms with Crippen LogP contribution in [0.4, 0.5) is 18.9 Å². The third kappa shape index (κ3) is 3.98. The highest BCUT2D eigenvalue weighted by molar-refractivity contribution is 6.04. The minimum Gasteiger partial charge on any atom is -0.435 e. The minimum absolute atomic E-state index is 0.117. The highest BCUT2D eigenvalue weighted by atomic mass is 19.3. The monoisotopic (exact) mass is 295 g/mol. The highest BCUT2D eigenvalue weighted by Gasteiger charge is 2.11. The Morgan fingerprint density at radius 2 is 1.95 bits per heavy atom. The summed E-state index contributed by atoms with van der Waals surface area (Å²) in [6.45, 7) is -1.25. The van der Waals surface area contributed by atoms with Crippen molar-refractivity contribution in [2.45, 2.75) is 13.5 Å². The molecule has 0 fully saturated rings. The van der Waals surface area contributed by atoms with Gasteiger partial charge in [0.15, 0.2) is 0 Å². The molecule has 0 heterocycles. The quantitative estimate of drug-likeness (QED) is 0.926. The molecule has 2 aromatic rings. The number of amides is 1. The van der Waals surface area contributed by atoms with E-state index in [1.165, 1.54) is 42.5 Å². The molecular formula is C15H12F3NO2. The molecule has 0 saturated heterocycles. The number of carbonyl (C=O) groups excluding carboxylic acids is 1. The summed E-state index contributed by atoms with van der Waals surface area (Å²) in [6.07, 6.45) is 0.